The van der Waals surface area contributed by atoms with Gasteiger partial charge in [0.05, 0.1) is 11.4 Å². The number of nitrogens with zero attached hydrogens (tertiary/aromatic N) is 1. The second-order valence-electron chi connectivity index (χ2n) is 4.36. The van der Waals surface area contributed by atoms with Gasteiger partial charge in [0.2, 0.25) is 0 Å². The Labute approximate surface area is 110 Å². The molecule has 19 heavy (non-hydrogen) atoms. The quantitative estimate of drug-likeness (QED) is 0.762. The number of anilines is 1. The van der Waals surface area contributed by atoms with Gasteiger partial charge in [0, 0.05) is 17.7 Å². The van der Waals surface area contributed by atoms with Gasteiger partial charge in [-0.15, -0.1) is 0 Å². The van der Waals surface area contributed by atoms with E-state index < -0.39 is 0 Å². The number of ether oxygens (including phenoxy) is 1. The van der Waals surface area contributed by atoms with Crippen molar-refractivity contribution in [2.75, 3.05) is 18.5 Å². The van der Waals surface area contributed by atoms with E-state index in [4.69, 9.17) is 10.5 Å². The normalized spacial score (nSPS) is 13.6. The summed E-state index contributed by atoms with van der Waals surface area (Å²) in [7, 11) is 0. The van der Waals surface area contributed by atoms with Gasteiger partial charge < -0.3 is 15.8 Å². The van der Waals surface area contributed by atoms with Crippen molar-refractivity contribution in [3.05, 3.63) is 30.0 Å². The van der Waals surface area contributed by atoms with E-state index in [0.717, 1.165) is 23.4 Å². The van der Waals surface area contributed by atoms with Gasteiger partial charge in [0.15, 0.2) is 6.61 Å². The minimum atomic E-state index is -0.143. The van der Waals surface area contributed by atoms with Gasteiger partial charge in [-0.3, -0.25) is 9.89 Å². The Kier molecular flexibility index (Phi) is 2.92. The third-order valence-corrected chi connectivity index (χ3v) is 2.95. The molecule has 3 rings (SSSR count). The molecule has 1 aromatic carbocycles. The average molecular weight is 258 g/mol. The molecule has 1 amide bonds. The molecule has 6 nitrogen and oxygen atoms in total. The zero-order valence-corrected chi connectivity index (χ0v) is 10.3. The summed E-state index contributed by atoms with van der Waals surface area (Å²) < 4.78 is 5.31. The Hall–Kier alpha value is -2.34. The van der Waals surface area contributed by atoms with Crippen molar-refractivity contribution in [3.63, 3.8) is 0 Å². The van der Waals surface area contributed by atoms with Gasteiger partial charge in [-0.1, -0.05) is 0 Å². The van der Waals surface area contributed by atoms with E-state index in [-0.39, 0.29) is 12.5 Å². The lowest BCUT2D eigenvalue weighted by atomic mass is 10.1. The molecule has 6 heteroatoms. The van der Waals surface area contributed by atoms with Crippen LogP contribution in [0.25, 0.3) is 11.3 Å². The first-order valence-electron chi connectivity index (χ1n) is 6.07. The molecule has 0 atom stereocenters. The third kappa shape index (κ3) is 2.30. The lowest BCUT2D eigenvalue weighted by Crippen LogP contribution is -2.25. The second kappa shape index (κ2) is 4.74. The average Bonchev–Trinajstić information content (AvgIpc) is 2.87. The summed E-state index contributed by atoms with van der Waals surface area (Å²) in [6.45, 7) is 0.644. The minimum absolute atomic E-state index is 0.0649. The number of hydrogen-bond donors (Lipinski definition) is 3. The van der Waals surface area contributed by atoms with Crippen molar-refractivity contribution in [2.45, 2.75) is 6.42 Å². The highest BCUT2D eigenvalue weighted by atomic mass is 16.5. The summed E-state index contributed by atoms with van der Waals surface area (Å²) in [5.41, 5.74) is 8.92. The van der Waals surface area contributed by atoms with Crippen molar-refractivity contribution < 1.29 is 9.53 Å². The molecule has 1 aromatic heterocycles. The van der Waals surface area contributed by atoms with Crippen molar-refractivity contribution in [1.82, 2.24) is 10.2 Å². The molecule has 4 N–H and O–H groups in total. The van der Waals surface area contributed by atoms with Crippen LogP contribution in [-0.4, -0.2) is 29.3 Å². The maximum Gasteiger partial charge on any atom is 0.262 e. The van der Waals surface area contributed by atoms with Gasteiger partial charge in [-0.25, -0.2) is 0 Å². The first-order chi connectivity index (χ1) is 9.26. The highest BCUT2D eigenvalue weighted by Gasteiger charge is 2.16. The lowest BCUT2D eigenvalue weighted by molar-refractivity contribution is -0.118. The van der Waals surface area contributed by atoms with E-state index in [2.05, 4.69) is 15.5 Å². The Bertz CT molecular complexity index is 621. The van der Waals surface area contributed by atoms with Crippen molar-refractivity contribution in [3.8, 4) is 17.0 Å². The maximum absolute atomic E-state index is 11.3. The lowest BCUT2D eigenvalue weighted by Gasteiger charge is -2.18. The number of benzene rings is 1. The molecule has 2 heterocycles. The molecular formula is C13H14N4O2. The molecule has 0 aliphatic carbocycles. The number of carbonyl (C=O) groups excluding carboxylic acids is 1. The van der Waals surface area contributed by atoms with E-state index in [1.165, 1.54) is 0 Å². The number of nitrogens with two attached hydrogens (primary N) is 1. The number of aromatic nitrogens is 2. The summed E-state index contributed by atoms with van der Waals surface area (Å²) in [5.74, 6) is 0.538. The number of amides is 1. The molecule has 0 saturated heterocycles. The summed E-state index contributed by atoms with van der Waals surface area (Å²) in [4.78, 5) is 11.3. The largest absolute Gasteiger partial charge is 0.482 e. The van der Waals surface area contributed by atoms with Gasteiger partial charge in [0.25, 0.3) is 5.91 Å². The first kappa shape index (κ1) is 11.7. The molecule has 0 fully saturated rings. The van der Waals surface area contributed by atoms with E-state index in [9.17, 15) is 4.79 Å². The number of H-pyrrole nitrogens is 1. The number of aromatic amines is 1. The smallest absolute Gasteiger partial charge is 0.262 e. The van der Waals surface area contributed by atoms with Crippen LogP contribution in [-0.2, 0) is 11.2 Å². The van der Waals surface area contributed by atoms with Crippen LogP contribution in [0.15, 0.2) is 24.3 Å². The molecular weight excluding hydrogens is 244 g/mol. The van der Waals surface area contributed by atoms with Crippen LogP contribution in [0.4, 0.5) is 5.69 Å². The number of nitrogens with one attached hydrogen (secondary N) is 2. The van der Waals surface area contributed by atoms with Gasteiger partial charge >= 0.3 is 0 Å². The summed E-state index contributed by atoms with van der Waals surface area (Å²) in [6, 6.07) is 7.56. The fourth-order valence-corrected chi connectivity index (χ4v) is 2.04. The molecule has 0 unspecified atom stereocenters. The predicted molar refractivity (Wildman–Crippen MR) is 70.9 cm³/mol. The molecule has 1 aliphatic rings. The van der Waals surface area contributed by atoms with Crippen molar-refractivity contribution >= 4 is 11.6 Å². The fourth-order valence-electron chi connectivity index (χ4n) is 2.04. The number of hydrogen-bond acceptors (Lipinski definition) is 4. The molecule has 0 saturated carbocycles. The highest BCUT2D eigenvalue weighted by Crippen LogP contribution is 2.32. The summed E-state index contributed by atoms with van der Waals surface area (Å²) in [5, 5.41) is 9.96. The van der Waals surface area contributed by atoms with Gasteiger partial charge in [0.1, 0.15) is 5.75 Å². The zero-order chi connectivity index (χ0) is 13.2. The SMILES string of the molecule is NCCc1cc(-c2ccc3c(c2)NC(=O)CO3)n[nH]1. The van der Waals surface area contributed by atoms with Crippen molar-refractivity contribution in [1.29, 1.82) is 0 Å². The second-order valence-corrected chi connectivity index (χ2v) is 4.36. The molecule has 2 aromatic rings. The Morgan fingerprint density at radius 1 is 1.37 bits per heavy atom. The van der Waals surface area contributed by atoms with Crippen LogP contribution < -0.4 is 15.8 Å². The Morgan fingerprint density at radius 2 is 2.26 bits per heavy atom. The standard InChI is InChI=1S/C13H14N4O2/c14-4-3-9-6-10(17-16-9)8-1-2-12-11(5-8)15-13(18)7-19-12/h1-2,5-6H,3-4,7,14H2,(H,15,18)(H,16,17). The number of fused-ring (bicyclic) bond motifs is 1. The molecule has 1 aliphatic heterocycles. The minimum Gasteiger partial charge on any atom is -0.482 e. The van der Waals surface area contributed by atoms with E-state index in [1.807, 2.05) is 24.3 Å². The van der Waals surface area contributed by atoms with Crippen LogP contribution in [0.1, 0.15) is 5.69 Å². The van der Waals surface area contributed by atoms with Crippen LogP contribution >= 0.6 is 0 Å². The third-order valence-electron chi connectivity index (χ3n) is 2.95. The van der Waals surface area contributed by atoms with Gasteiger partial charge in [-0.2, -0.15) is 5.10 Å². The van der Waals surface area contributed by atoms with Crippen molar-refractivity contribution in [2.24, 2.45) is 5.73 Å². The highest BCUT2D eigenvalue weighted by molar-refractivity contribution is 5.96. The van der Waals surface area contributed by atoms with E-state index >= 15 is 0 Å². The summed E-state index contributed by atoms with van der Waals surface area (Å²) >= 11 is 0. The fraction of sp³-hybridized carbons (Fsp3) is 0.231. The Balaban J connectivity index is 1.92. The van der Waals surface area contributed by atoms with Crippen LogP contribution in [0.5, 0.6) is 5.75 Å². The number of carbonyl (C=O) groups is 1. The topological polar surface area (TPSA) is 93.0 Å². The molecule has 0 radical (unpaired) electrons. The number of rotatable bonds is 3. The Morgan fingerprint density at radius 3 is 3.11 bits per heavy atom. The van der Waals surface area contributed by atoms with E-state index in [0.29, 0.717) is 18.0 Å². The van der Waals surface area contributed by atoms with Crippen LogP contribution in [0.3, 0.4) is 0 Å². The predicted octanol–water partition coefficient (Wildman–Crippen LogP) is 0.909. The summed E-state index contributed by atoms with van der Waals surface area (Å²) in [6.07, 6.45) is 0.762. The molecule has 98 valence electrons. The van der Waals surface area contributed by atoms with Crippen LogP contribution in [0.2, 0.25) is 0 Å². The molecule has 0 spiro atoms. The monoisotopic (exact) mass is 258 g/mol. The molecule has 0 bridgehead atoms. The van der Waals surface area contributed by atoms with Crippen LogP contribution in [0, 0.1) is 0 Å². The zero-order valence-electron chi connectivity index (χ0n) is 10.3. The van der Waals surface area contributed by atoms with Gasteiger partial charge in [-0.05, 0) is 30.8 Å². The first-order valence-corrected chi connectivity index (χ1v) is 6.07. The maximum atomic E-state index is 11.3. The van der Waals surface area contributed by atoms with E-state index in [1.54, 1.807) is 0 Å².